The molecule has 1 aromatic heterocycles. The molecule has 1 spiro atoms. The normalized spacial score (nSPS) is 19.8. The highest BCUT2D eigenvalue weighted by molar-refractivity contribution is 9.10. The standard InChI is InChI=1S/C26H29BrN4O5/c1-15(2)22(30-25(33)34-3)24(32)31-14-26(35-8-9-36-26)12-21(31)23-28-13-20(29-23)18-5-4-17-11-19(27)7-6-16(17)10-18/h4-7,10-11,13,15,21-22H,8-9,12,14H2,1-3H3,(H,28,29)(H,30,33)/t21-,22-/m0/s1. The second-order valence-electron chi connectivity index (χ2n) is 9.54. The van der Waals surface area contributed by atoms with Crippen molar-refractivity contribution in [2.45, 2.75) is 38.1 Å². The third-order valence-corrected chi connectivity index (χ3v) is 7.30. The second-order valence-corrected chi connectivity index (χ2v) is 10.5. The topological polar surface area (TPSA) is 106 Å². The molecule has 36 heavy (non-hydrogen) atoms. The number of hydrogen-bond acceptors (Lipinski definition) is 6. The van der Waals surface area contributed by atoms with E-state index in [1.807, 2.05) is 26.0 Å². The van der Waals surface area contributed by atoms with Crippen LogP contribution < -0.4 is 5.32 Å². The van der Waals surface area contributed by atoms with Gasteiger partial charge >= 0.3 is 6.09 Å². The highest BCUT2D eigenvalue weighted by atomic mass is 79.9. The van der Waals surface area contributed by atoms with Crippen LogP contribution in [0.3, 0.4) is 0 Å². The van der Waals surface area contributed by atoms with Gasteiger partial charge in [0.2, 0.25) is 5.91 Å². The summed E-state index contributed by atoms with van der Waals surface area (Å²) in [5, 5.41) is 4.93. The van der Waals surface area contributed by atoms with Crippen LogP contribution >= 0.6 is 15.9 Å². The van der Waals surface area contributed by atoms with E-state index in [2.05, 4.69) is 55.5 Å². The number of nitrogens with zero attached hydrogens (tertiary/aromatic N) is 2. The Morgan fingerprint density at radius 3 is 2.64 bits per heavy atom. The number of likely N-dealkylation sites (tertiary alicyclic amines) is 1. The van der Waals surface area contributed by atoms with Crippen molar-refractivity contribution >= 4 is 38.7 Å². The zero-order valence-corrected chi connectivity index (χ0v) is 22.0. The molecule has 0 aliphatic carbocycles. The molecule has 2 atom stereocenters. The van der Waals surface area contributed by atoms with E-state index in [1.165, 1.54) is 7.11 Å². The maximum Gasteiger partial charge on any atom is 0.407 e. The number of amides is 2. The highest BCUT2D eigenvalue weighted by Crippen LogP contribution is 2.42. The predicted molar refractivity (Wildman–Crippen MR) is 137 cm³/mol. The monoisotopic (exact) mass is 556 g/mol. The molecule has 3 aromatic rings. The number of aromatic amines is 1. The predicted octanol–water partition coefficient (Wildman–Crippen LogP) is 4.39. The molecule has 2 aliphatic rings. The number of H-pyrrole nitrogens is 1. The smallest absolute Gasteiger partial charge is 0.407 e. The van der Waals surface area contributed by atoms with Gasteiger partial charge in [-0.1, -0.05) is 48.0 Å². The van der Waals surface area contributed by atoms with Gasteiger partial charge in [0.25, 0.3) is 0 Å². The van der Waals surface area contributed by atoms with Crippen LogP contribution in [-0.2, 0) is 19.0 Å². The van der Waals surface area contributed by atoms with Gasteiger partial charge in [0.15, 0.2) is 5.79 Å². The van der Waals surface area contributed by atoms with E-state index in [-0.39, 0.29) is 18.4 Å². The molecule has 2 saturated heterocycles. The molecule has 2 fully saturated rings. The summed E-state index contributed by atoms with van der Waals surface area (Å²) in [7, 11) is 1.28. The summed E-state index contributed by atoms with van der Waals surface area (Å²) in [6.07, 6.45) is 1.58. The molecule has 5 rings (SSSR count). The van der Waals surface area contributed by atoms with Crippen molar-refractivity contribution < 1.29 is 23.8 Å². The van der Waals surface area contributed by atoms with Gasteiger partial charge < -0.3 is 29.4 Å². The number of alkyl carbamates (subject to hydrolysis) is 1. The van der Waals surface area contributed by atoms with Crippen molar-refractivity contribution in [3.63, 3.8) is 0 Å². The summed E-state index contributed by atoms with van der Waals surface area (Å²) in [6, 6.07) is 11.2. The number of fused-ring (bicyclic) bond motifs is 1. The van der Waals surface area contributed by atoms with Gasteiger partial charge in [-0.05, 0) is 34.9 Å². The molecule has 0 radical (unpaired) electrons. The Morgan fingerprint density at radius 1 is 1.19 bits per heavy atom. The summed E-state index contributed by atoms with van der Waals surface area (Å²) in [5.41, 5.74) is 1.85. The molecular formula is C26H29BrN4O5. The minimum Gasteiger partial charge on any atom is -0.453 e. The van der Waals surface area contributed by atoms with Gasteiger partial charge in [0, 0.05) is 16.5 Å². The van der Waals surface area contributed by atoms with E-state index in [4.69, 9.17) is 14.2 Å². The van der Waals surface area contributed by atoms with Crippen molar-refractivity contribution in [1.29, 1.82) is 0 Å². The fourth-order valence-corrected chi connectivity index (χ4v) is 5.31. The molecule has 3 heterocycles. The zero-order valence-electron chi connectivity index (χ0n) is 20.4. The van der Waals surface area contributed by atoms with Crippen molar-refractivity contribution in [2.75, 3.05) is 26.9 Å². The van der Waals surface area contributed by atoms with Gasteiger partial charge in [-0.3, -0.25) is 4.79 Å². The summed E-state index contributed by atoms with van der Waals surface area (Å²) < 4.78 is 17.7. The molecule has 2 aliphatic heterocycles. The van der Waals surface area contributed by atoms with Crippen LogP contribution in [0, 0.1) is 5.92 Å². The molecule has 2 N–H and O–H groups in total. The Kier molecular flexibility index (Phi) is 6.76. The Hall–Kier alpha value is -2.95. The maximum absolute atomic E-state index is 13.7. The van der Waals surface area contributed by atoms with E-state index in [0.29, 0.717) is 25.5 Å². The first-order valence-corrected chi connectivity index (χ1v) is 12.8. The molecule has 0 unspecified atom stereocenters. The van der Waals surface area contributed by atoms with Gasteiger partial charge in [0.05, 0.1) is 44.8 Å². The van der Waals surface area contributed by atoms with Crippen LogP contribution in [0.5, 0.6) is 0 Å². The lowest BCUT2D eigenvalue weighted by molar-refractivity contribution is -0.153. The number of halogens is 1. The van der Waals surface area contributed by atoms with Crippen LogP contribution in [-0.4, -0.2) is 65.6 Å². The maximum atomic E-state index is 13.7. The Balaban J connectivity index is 1.46. The Morgan fingerprint density at radius 2 is 1.92 bits per heavy atom. The number of carbonyl (C=O) groups excluding carboxylic acids is 2. The lowest BCUT2D eigenvalue weighted by Crippen LogP contribution is -2.52. The number of aromatic nitrogens is 2. The SMILES string of the molecule is COC(=O)N[C@H](C(=O)N1CC2(C[C@H]1c1ncc(-c3ccc4cc(Br)ccc4c3)[nH]1)OCCO2)C(C)C. The fraction of sp³-hybridized carbons (Fsp3) is 0.423. The number of nitrogens with one attached hydrogen (secondary N) is 2. The molecule has 0 saturated carbocycles. The van der Waals surface area contributed by atoms with E-state index in [9.17, 15) is 9.59 Å². The molecule has 9 nitrogen and oxygen atoms in total. The van der Waals surface area contributed by atoms with Gasteiger partial charge in [-0.15, -0.1) is 0 Å². The summed E-state index contributed by atoms with van der Waals surface area (Å²) >= 11 is 3.52. The molecule has 2 aromatic carbocycles. The third-order valence-electron chi connectivity index (χ3n) is 6.80. The molecule has 0 bridgehead atoms. The van der Waals surface area contributed by atoms with E-state index in [1.54, 1.807) is 11.1 Å². The first kappa shape index (κ1) is 24.7. The zero-order chi connectivity index (χ0) is 25.4. The van der Waals surface area contributed by atoms with E-state index >= 15 is 0 Å². The Labute approximate surface area is 217 Å². The Bertz CT molecular complexity index is 1290. The average Bonchev–Trinajstić information content (AvgIpc) is 3.62. The van der Waals surface area contributed by atoms with E-state index < -0.39 is 24.0 Å². The molecule has 10 heteroatoms. The van der Waals surface area contributed by atoms with Crippen LogP contribution in [0.15, 0.2) is 47.1 Å². The lowest BCUT2D eigenvalue weighted by Gasteiger charge is -2.30. The summed E-state index contributed by atoms with van der Waals surface area (Å²) in [5.74, 6) is -0.614. The molecule has 2 amide bonds. The lowest BCUT2D eigenvalue weighted by atomic mass is 10.0. The first-order chi connectivity index (χ1) is 17.3. The third kappa shape index (κ3) is 4.72. The average molecular weight is 557 g/mol. The van der Waals surface area contributed by atoms with Gasteiger partial charge in [-0.2, -0.15) is 0 Å². The largest absolute Gasteiger partial charge is 0.453 e. The molecular weight excluding hydrogens is 528 g/mol. The minimum atomic E-state index is -0.879. The van der Waals surface area contributed by atoms with Crippen molar-refractivity contribution in [3.05, 3.63) is 52.9 Å². The number of imidazole rings is 1. The van der Waals surface area contributed by atoms with Crippen LogP contribution in [0.4, 0.5) is 4.79 Å². The quantitative estimate of drug-likeness (QED) is 0.482. The van der Waals surface area contributed by atoms with Crippen LogP contribution in [0.2, 0.25) is 0 Å². The number of rotatable bonds is 5. The number of benzene rings is 2. The molecule has 190 valence electrons. The summed E-state index contributed by atoms with van der Waals surface area (Å²) in [4.78, 5) is 35.4. The highest BCUT2D eigenvalue weighted by Gasteiger charge is 2.52. The fourth-order valence-electron chi connectivity index (χ4n) is 4.94. The van der Waals surface area contributed by atoms with Crippen molar-refractivity contribution in [2.24, 2.45) is 5.92 Å². The number of hydrogen-bond donors (Lipinski definition) is 2. The second kappa shape index (κ2) is 9.84. The van der Waals surface area contributed by atoms with Gasteiger partial charge in [0.1, 0.15) is 11.9 Å². The van der Waals surface area contributed by atoms with Crippen molar-refractivity contribution in [1.82, 2.24) is 20.2 Å². The first-order valence-electron chi connectivity index (χ1n) is 12.0. The van der Waals surface area contributed by atoms with E-state index in [0.717, 1.165) is 26.5 Å². The number of ether oxygens (including phenoxy) is 3. The van der Waals surface area contributed by atoms with Crippen LogP contribution in [0.25, 0.3) is 22.0 Å². The van der Waals surface area contributed by atoms with Crippen LogP contribution in [0.1, 0.15) is 32.1 Å². The minimum absolute atomic E-state index is 0.149. The van der Waals surface area contributed by atoms with Crippen molar-refractivity contribution in [3.8, 4) is 11.3 Å². The number of methoxy groups -OCH3 is 1. The summed E-state index contributed by atoms with van der Waals surface area (Å²) in [6.45, 7) is 4.96. The number of carbonyl (C=O) groups is 2. The van der Waals surface area contributed by atoms with Gasteiger partial charge in [-0.25, -0.2) is 9.78 Å².